The highest BCUT2D eigenvalue weighted by atomic mass is 32.1. The minimum Gasteiger partial charge on any atom is -0.395 e. The van der Waals surface area contributed by atoms with E-state index in [4.69, 9.17) is 4.98 Å². The maximum absolute atomic E-state index is 10.8. The molecule has 10 nitrogen and oxygen atoms in total. The third-order valence-corrected chi connectivity index (χ3v) is 7.95. The Hall–Kier alpha value is -2.44. The number of pyridine rings is 1. The Labute approximate surface area is 207 Å². The zero-order chi connectivity index (χ0) is 24.9. The third kappa shape index (κ3) is 4.70. The number of hydrogen-bond donors (Lipinski definition) is 6. The summed E-state index contributed by atoms with van der Waals surface area (Å²) in [5, 5.41) is 48.2. The third-order valence-electron chi connectivity index (χ3n) is 6.91. The second-order valence-electron chi connectivity index (χ2n) is 10.1. The smallest absolute Gasteiger partial charge is 0.224 e. The van der Waals surface area contributed by atoms with Crippen LogP contribution in [-0.4, -0.2) is 77.4 Å². The number of fused-ring (bicyclic) bond motifs is 1. The van der Waals surface area contributed by atoms with Crippen molar-refractivity contribution in [2.45, 2.75) is 69.8 Å². The van der Waals surface area contributed by atoms with Gasteiger partial charge in [-0.15, -0.1) is 11.3 Å². The quantitative estimate of drug-likeness (QED) is 0.270. The minimum atomic E-state index is -1.14. The van der Waals surface area contributed by atoms with Gasteiger partial charge in [0.05, 0.1) is 46.0 Å². The van der Waals surface area contributed by atoms with E-state index in [9.17, 15) is 20.4 Å². The predicted octanol–water partition coefficient (Wildman–Crippen LogP) is 2.03. The number of thiazole rings is 1. The second kappa shape index (κ2) is 9.21. The molecule has 2 aliphatic rings. The summed E-state index contributed by atoms with van der Waals surface area (Å²) < 4.78 is 1.04. The largest absolute Gasteiger partial charge is 0.395 e. The molecular formula is C24H32N6O4S. The molecule has 3 heterocycles. The van der Waals surface area contributed by atoms with E-state index in [1.165, 1.54) is 0 Å². The van der Waals surface area contributed by atoms with Gasteiger partial charge in [0, 0.05) is 24.6 Å². The standard InChI is InChI=1S/C24H32N6O4S/c1-11-16(22-29-18-15(35-22)6-7-25-17(18)12-4-5-12)21(30-23(27-11)26-8-9-31)28-14-10-13(24(2,3)34)19(32)20(14)33/h6-7,12-14,19-20,31-34H,4-5,8-10H2,1-3H3,(H2,26,27,28,30)/t13-,14+,19+,20-/m0/s1. The van der Waals surface area contributed by atoms with Crippen LogP contribution in [0.3, 0.4) is 0 Å². The van der Waals surface area contributed by atoms with E-state index in [2.05, 4.69) is 25.6 Å². The Kier molecular flexibility index (Phi) is 6.39. The number of hydrogen-bond acceptors (Lipinski definition) is 11. The normalized spacial score (nSPS) is 24.8. The van der Waals surface area contributed by atoms with Crippen molar-refractivity contribution in [1.29, 1.82) is 0 Å². The van der Waals surface area contributed by atoms with Crippen LogP contribution in [0, 0.1) is 12.8 Å². The number of rotatable bonds is 8. The number of aromatic nitrogens is 4. The average Bonchev–Trinajstić information content (AvgIpc) is 3.49. The van der Waals surface area contributed by atoms with Gasteiger partial charge in [0.2, 0.25) is 5.95 Å². The molecule has 35 heavy (non-hydrogen) atoms. The molecule has 0 amide bonds. The topological polar surface area (TPSA) is 157 Å². The van der Waals surface area contributed by atoms with Gasteiger partial charge < -0.3 is 31.1 Å². The van der Waals surface area contributed by atoms with Gasteiger partial charge in [0.1, 0.15) is 22.4 Å². The molecule has 0 radical (unpaired) electrons. The molecule has 188 valence electrons. The minimum absolute atomic E-state index is 0.0669. The van der Waals surface area contributed by atoms with Crippen LogP contribution in [0.4, 0.5) is 11.8 Å². The van der Waals surface area contributed by atoms with Gasteiger partial charge in [-0.2, -0.15) is 4.98 Å². The van der Waals surface area contributed by atoms with Crippen LogP contribution in [0.2, 0.25) is 0 Å². The SMILES string of the molecule is Cc1nc(NCCO)nc(N[C@@H]2C[C@H](C(C)(C)O)[C@@H](O)[C@H]2O)c1-c1nc2c(C3CC3)nccc2s1. The van der Waals surface area contributed by atoms with Crippen LogP contribution in [0.25, 0.3) is 20.8 Å². The Bertz CT molecular complexity index is 1220. The lowest BCUT2D eigenvalue weighted by Crippen LogP contribution is -2.40. The predicted molar refractivity (Wildman–Crippen MR) is 135 cm³/mol. The number of aryl methyl sites for hydroxylation is 1. The first kappa shape index (κ1) is 24.3. The summed E-state index contributed by atoms with van der Waals surface area (Å²) in [6, 6.07) is 1.44. The first-order chi connectivity index (χ1) is 16.7. The van der Waals surface area contributed by atoms with Gasteiger partial charge in [0.25, 0.3) is 0 Å². The fraction of sp³-hybridized carbons (Fsp3) is 0.583. The van der Waals surface area contributed by atoms with Gasteiger partial charge in [-0.05, 0) is 46.1 Å². The Morgan fingerprint density at radius 3 is 2.57 bits per heavy atom. The molecule has 0 unspecified atom stereocenters. The molecule has 11 heteroatoms. The van der Waals surface area contributed by atoms with Crippen molar-refractivity contribution >= 4 is 33.3 Å². The molecule has 0 spiro atoms. The lowest BCUT2D eigenvalue weighted by Gasteiger charge is -2.28. The van der Waals surface area contributed by atoms with Crippen LogP contribution in [0.1, 0.15) is 50.4 Å². The van der Waals surface area contributed by atoms with E-state index in [1.807, 2.05) is 19.2 Å². The van der Waals surface area contributed by atoms with Gasteiger partial charge >= 0.3 is 0 Å². The summed E-state index contributed by atoms with van der Waals surface area (Å²) in [5.41, 5.74) is 2.20. The summed E-state index contributed by atoms with van der Waals surface area (Å²) in [6.07, 6.45) is 2.30. The lowest BCUT2D eigenvalue weighted by atomic mass is 9.88. The van der Waals surface area contributed by atoms with Crippen molar-refractivity contribution in [2.24, 2.45) is 5.92 Å². The Balaban J connectivity index is 1.55. The summed E-state index contributed by atoms with van der Waals surface area (Å²) >= 11 is 1.54. The molecule has 0 aromatic carbocycles. The number of anilines is 2. The maximum Gasteiger partial charge on any atom is 0.224 e. The average molecular weight is 501 g/mol. The van der Waals surface area contributed by atoms with E-state index < -0.39 is 29.8 Å². The first-order valence-electron chi connectivity index (χ1n) is 12.0. The molecule has 0 bridgehead atoms. The molecule has 3 aromatic heterocycles. The molecule has 2 saturated carbocycles. The van der Waals surface area contributed by atoms with Crippen LogP contribution >= 0.6 is 11.3 Å². The molecule has 2 fully saturated rings. The molecule has 3 aromatic rings. The van der Waals surface area contributed by atoms with Gasteiger partial charge in [-0.3, -0.25) is 4.98 Å². The van der Waals surface area contributed by atoms with Crippen LogP contribution in [0.5, 0.6) is 0 Å². The van der Waals surface area contributed by atoms with Crippen molar-refractivity contribution in [3.05, 3.63) is 23.7 Å². The van der Waals surface area contributed by atoms with Crippen LogP contribution in [0.15, 0.2) is 12.3 Å². The molecular weight excluding hydrogens is 468 g/mol. The number of aliphatic hydroxyl groups is 4. The monoisotopic (exact) mass is 500 g/mol. The highest BCUT2D eigenvalue weighted by molar-refractivity contribution is 7.21. The van der Waals surface area contributed by atoms with Crippen molar-refractivity contribution in [3.8, 4) is 10.6 Å². The fourth-order valence-corrected chi connectivity index (χ4v) is 5.94. The molecule has 5 rings (SSSR count). The van der Waals surface area contributed by atoms with Crippen molar-refractivity contribution in [1.82, 2.24) is 19.9 Å². The number of nitrogens with zero attached hydrogens (tertiary/aromatic N) is 4. The van der Waals surface area contributed by atoms with Crippen molar-refractivity contribution < 1.29 is 20.4 Å². The van der Waals surface area contributed by atoms with Crippen LogP contribution in [-0.2, 0) is 0 Å². The second-order valence-corrected chi connectivity index (χ2v) is 11.1. The Morgan fingerprint density at radius 1 is 1.14 bits per heavy atom. The molecule has 2 aliphatic carbocycles. The van der Waals surface area contributed by atoms with Gasteiger partial charge in [-0.1, -0.05) is 0 Å². The van der Waals surface area contributed by atoms with E-state index in [-0.39, 0.29) is 6.61 Å². The van der Waals surface area contributed by atoms with Crippen molar-refractivity contribution in [2.75, 3.05) is 23.8 Å². The van der Waals surface area contributed by atoms with E-state index in [0.29, 0.717) is 36.3 Å². The Morgan fingerprint density at radius 2 is 1.91 bits per heavy atom. The van der Waals surface area contributed by atoms with Gasteiger partial charge in [0.15, 0.2) is 0 Å². The summed E-state index contributed by atoms with van der Waals surface area (Å²) in [7, 11) is 0. The highest BCUT2D eigenvalue weighted by Gasteiger charge is 2.48. The molecule has 0 saturated heterocycles. The summed E-state index contributed by atoms with van der Waals surface area (Å²) in [4.78, 5) is 18.7. The van der Waals surface area contributed by atoms with E-state index >= 15 is 0 Å². The van der Waals surface area contributed by atoms with E-state index in [1.54, 1.807) is 25.2 Å². The highest BCUT2D eigenvalue weighted by Crippen LogP contribution is 2.45. The fourth-order valence-electron chi connectivity index (χ4n) is 4.87. The zero-order valence-electron chi connectivity index (χ0n) is 20.1. The number of nitrogens with one attached hydrogen (secondary N) is 2. The van der Waals surface area contributed by atoms with Crippen LogP contribution < -0.4 is 10.6 Å². The lowest BCUT2D eigenvalue weighted by molar-refractivity contribution is -0.0601. The zero-order valence-corrected chi connectivity index (χ0v) is 20.9. The molecule has 6 N–H and O–H groups in total. The van der Waals surface area contributed by atoms with Gasteiger partial charge in [-0.25, -0.2) is 9.97 Å². The summed E-state index contributed by atoms with van der Waals surface area (Å²) in [6.45, 7) is 5.38. The summed E-state index contributed by atoms with van der Waals surface area (Å²) in [5.74, 6) is 0.785. The number of aliphatic hydroxyl groups excluding tert-OH is 3. The first-order valence-corrected chi connectivity index (χ1v) is 12.8. The van der Waals surface area contributed by atoms with Crippen molar-refractivity contribution in [3.63, 3.8) is 0 Å². The maximum atomic E-state index is 10.8. The van der Waals surface area contributed by atoms with E-state index in [0.717, 1.165) is 39.3 Å². The molecule has 4 atom stereocenters. The molecule has 0 aliphatic heterocycles.